The van der Waals surface area contributed by atoms with Gasteiger partial charge >= 0.3 is 0 Å². The van der Waals surface area contributed by atoms with E-state index in [1.807, 2.05) is 49.4 Å². The van der Waals surface area contributed by atoms with Crippen LogP contribution < -0.4 is 19.7 Å². The van der Waals surface area contributed by atoms with Crippen molar-refractivity contribution in [2.24, 2.45) is 0 Å². The van der Waals surface area contributed by atoms with Crippen molar-refractivity contribution < 1.29 is 18.7 Å². The lowest BCUT2D eigenvalue weighted by atomic mass is 10.1. The molecule has 32 heavy (non-hydrogen) atoms. The maximum Gasteiger partial charge on any atom is 0.277 e. The molecule has 1 atom stereocenters. The minimum Gasteiger partial charge on any atom is -0.454 e. The fourth-order valence-electron chi connectivity index (χ4n) is 3.46. The molecule has 0 aliphatic carbocycles. The van der Waals surface area contributed by atoms with E-state index in [-0.39, 0.29) is 24.5 Å². The van der Waals surface area contributed by atoms with E-state index in [2.05, 4.69) is 34.3 Å². The summed E-state index contributed by atoms with van der Waals surface area (Å²) in [5.74, 6) is 1.91. The van der Waals surface area contributed by atoms with Gasteiger partial charge in [-0.3, -0.25) is 4.79 Å². The van der Waals surface area contributed by atoms with Crippen LogP contribution in [-0.4, -0.2) is 41.7 Å². The largest absolute Gasteiger partial charge is 0.454 e. The van der Waals surface area contributed by atoms with Crippen molar-refractivity contribution in [3.63, 3.8) is 0 Å². The monoisotopic (exact) mass is 454 g/mol. The molecule has 9 heteroatoms. The highest BCUT2D eigenvalue weighted by Gasteiger charge is 2.18. The predicted molar refractivity (Wildman–Crippen MR) is 123 cm³/mol. The van der Waals surface area contributed by atoms with E-state index in [0.717, 1.165) is 35.7 Å². The maximum absolute atomic E-state index is 12.4. The van der Waals surface area contributed by atoms with E-state index in [1.54, 1.807) is 0 Å². The highest BCUT2D eigenvalue weighted by Crippen LogP contribution is 2.34. The number of hydrogen-bond donors (Lipinski definition) is 1. The molecule has 0 saturated carbocycles. The van der Waals surface area contributed by atoms with E-state index in [4.69, 9.17) is 13.9 Å². The SMILES string of the molecule is CCN(CC)c1ccc(-c2nnc(SCC(=O)N[C@H](C)c3ccc4c(c3)OCO4)o2)cc1. The average molecular weight is 455 g/mol. The first-order valence-electron chi connectivity index (χ1n) is 10.6. The first-order valence-corrected chi connectivity index (χ1v) is 11.6. The molecule has 0 bridgehead atoms. The zero-order valence-corrected chi connectivity index (χ0v) is 19.1. The van der Waals surface area contributed by atoms with Crippen molar-refractivity contribution in [1.82, 2.24) is 15.5 Å². The van der Waals surface area contributed by atoms with Crippen molar-refractivity contribution in [3.8, 4) is 23.0 Å². The standard InChI is InChI=1S/C23H26N4O4S/c1-4-27(5-2)18-9-6-16(7-10-18)22-25-26-23(31-22)32-13-21(28)24-15(3)17-8-11-19-20(12-17)30-14-29-19/h6-12,15H,4-5,13-14H2,1-3H3,(H,24,28)/t15-/m1/s1. The molecule has 1 amide bonds. The summed E-state index contributed by atoms with van der Waals surface area (Å²) in [5.41, 5.74) is 2.95. The lowest BCUT2D eigenvalue weighted by Crippen LogP contribution is -2.28. The molecule has 0 unspecified atom stereocenters. The molecule has 168 valence electrons. The highest BCUT2D eigenvalue weighted by atomic mass is 32.2. The van der Waals surface area contributed by atoms with Crippen LogP contribution in [0.25, 0.3) is 11.5 Å². The van der Waals surface area contributed by atoms with Gasteiger partial charge in [-0.1, -0.05) is 17.8 Å². The average Bonchev–Trinajstić information content (AvgIpc) is 3.48. The van der Waals surface area contributed by atoms with Gasteiger partial charge in [0.2, 0.25) is 18.6 Å². The summed E-state index contributed by atoms with van der Waals surface area (Å²) in [4.78, 5) is 14.7. The van der Waals surface area contributed by atoms with E-state index < -0.39 is 0 Å². The molecular weight excluding hydrogens is 428 g/mol. The summed E-state index contributed by atoms with van der Waals surface area (Å²) >= 11 is 1.21. The topological polar surface area (TPSA) is 89.7 Å². The lowest BCUT2D eigenvalue weighted by Gasteiger charge is -2.20. The van der Waals surface area contributed by atoms with Crippen LogP contribution in [0.5, 0.6) is 11.5 Å². The molecule has 2 aromatic carbocycles. The Labute approximate surface area is 191 Å². The number of carbonyl (C=O) groups excluding carboxylic acids is 1. The van der Waals surface area contributed by atoms with Crippen LogP contribution in [0, 0.1) is 0 Å². The Morgan fingerprint density at radius 1 is 1.09 bits per heavy atom. The van der Waals surface area contributed by atoms with Crippen LogP contribution in [0.15, 0.2) is 52.1 Å². The molecule has 0 saturated heterocycles. The fraction of sp³-hybridized carbons (Fsp3) is 0.348. The Bertz CT molecular complexity index is 1070. The number of hydrogen-bond acceptors (Lipinski definition) is 8. The second kappa shape index (κ2) is 9.95. The first-order chi connectivity index (χ1) is 15.6. The van der Waals surface area contributed by atoms with Crippen molar-refractivity contribution in [3.05, 3.63) is 48.0 Å². The van der Waals surface area contributed by atoms with Crippen molar-refractivity contribution in [2.45, 2.75) is 32.0 Å². The van der Waals surface area contributed by atoms with E-state index >= 15 is 0 Å². The van der Waals surface area contributed by atoms with Crippen LogP contribution in [0.2, 0.25) is 0 Å². The number of anilines is 1. The van der Waals surface area contributed by atoms with Gasteiger partial charge in [0.1, 0.15) is 0 Å². The van der Waals surface area contributed by atoms with Gasteiger partial charge in [0.25, 0.3) is 5.22 Å². The number of benzene rings is 2. The Morgan fingerprint density at radius 2 is 1.84 bits per heavy atom. The normalized spacial score (nSPS) is 13.1. The third kappa shape index (κ3) is 4.99. The lowest BCUT2D eigenvalue weighted by molar-refractivity contribution is -0.119. The number of nitrogens with zero attached hydrogens (tertiary/aromatic N) is 3. The minimum absolute atomic E-state index is 0.122. The summed E-state index contributed by atoms with van der Waals surface area (Å²) in [5, 5.41) is 11.5. The van der Waals surface area contributed by atoms with Crippen molar-refractivity contribution in [2.75, 3.05) is 30.5 Å². The Hall–Kier alpha value is -3.20. The number of nitrogens with one attached hydrogen (secondary N) is 1. The molecule has 1 aromatic heterocycles. The summed E-state index contributed by atoms with van der Waals surface area (Å²) in [6.45, 7) is 8.31. The number of fused-ring (bicyclic) bond motifs is 1. The predicted octanol–water partition coefficient (Wildman–Crippen LogP) is 4.28. The van der Waals surface area contributed by atoms with Gasteiger partial charge in [-0.05, 0) is 62.7 Å². The zero-order valence-electron chi connectivity index (χ0n) is 18.3. The summed E-state index contributed by atoms with van der Waals surface area (Å²) in [6, 6.07) is 13.5. The quantitative estimate of drug-likeness (QED) is 0.479. The zero-order chi connectivity index (χ0) is 22.5. The molecule has 0 radical (unpaired) electrons. The summed E-state index contributed by atoms with van der Waals surface area (Å²) in [7, 11) is 0. The molecule has 0 spiro atoms. The van der Waals surface area contributed by atoms with Gasteiger partial charge in [0.15, 0.2) is 11.5 Å². The Kier molecular flexibility index (Phi) is 6.84. The Balaban J connectivity index is 1.30. The second-order valence-corrected chi connectivity index (χ2v) is 8.21. The number of aromatic nitrogens is 2. The van der Waals surface area contributed by atoms with Gasteiger partial charge in [0.05, 0.1) is 11.8 Å². The molecular formula is C23H26N4O4S. The fourth-order valence-corrected chi connectivity index (χ4v) is 4.04. The van der Waals surface area contributed by atoms with Gasteiger partial charge in [-0.25, -0.2) is 0 Å². The number of amides is 1. The van der Waals surface area contributed by atoms with Crippen LogP contribution >= 0.6 is 11.8 Å². The van der Waals surface area contributed by atoms with E-state index in [0.29, 0.717) is 16.9 Å². The first kappa shape index (κ1) is 22.0. The Morgan fingerprint density at radius 3 is 2.59 bits per heavy atom. The van der Waals surface area contributed by atoms with Gasteiger partial charge in [0, 0.05) is 24.3 Å². The smallest absolute Gasteiger partial charge is 0.277 e. The summed E-state index contributed by atoms with van der Waals surface area (Å²) < 4.78 is 16.5. The highest BCUT2D eigenvalue weighted by molar-refractivity contribution is 7.99. The molecule has 1 N–H and O–H groups in total. The third-order valence-electron chi connectivity index (χ3n) is 5.25. The van der Waals surface area contributed by atoms with Gasteiger partial charge in [-0.15, -0.1) is 10.2 Å². The number of thioether (sulfide) groups is 1. The number of ether oxygens (including phenoxy) is 2. The van der Waals surface area contributed by atoms with Crippen LogP contribution in [-0.2, 0) is 4.79 Å². The molecule has 2 heterocycles. The second-order valence-electron chi connectivity index (χ2n) is 7.28. The number of rotatable bonds is 9. The van der Waals surface area contributed by atoms with Gasteiger partial charge < -0.3 is 24.1 Å². The molecule has 1 aliphatic heterocycles. The number of carbonyl (C=O) groups is 1. The van der Waals surface area contributed by atoms with Gasteiger partial charge in [-0.2, -0.15) is 0 Å². The maximum atomic E-state index is 12.4. The molecule has 3 aromatic rings. The molecule has 1 aliphatic rings. The minimum atomic E-state index is -0.167. The van der Waals surface area contributed by atoms with Crippen molar-refractivity contribution >= 4 is 23.4 Å². The van der Waals surface area contributed by atoms with Crippen LogP contribution in [0.4, 0.5) is 5.69 Å². The van der Waals surface area contributed by atoms with Crippen LogP contribution in [0.1, 0.15) is 32.4 Å². The molecule has 0 fully saturated rings. The summed E-state index contributed by atoms with van der Waals surface area (Å²) in [6.07, 6.45) is 0. The third-order valence-corrected chi connectivity index (χ3v) is 6.07. The van der Waals surface area contributed by atoms with Crippen LogP contribution in [0.3, 0.4) is 0 Å². The van der Waals surface area contributed by atoms with E-state index in [1.165, 1.54) is 11.8 Å². The van der Waals surface area contributed by atoms with E-state index in [9.17, 15) is 4.79 Å². The molecule has 4 rings (SSSR count). The molecule has 8 nitrogen and oxygen atoms in total. The van der Waals surface area contributed by atoms with Crippen molar-refractivity contribution in [1.29, 1.82) is 0 Å².